The van der Waals surface area contributed by atoms with E-state index in [2.05, 4.69) is 35.9 Å². The average molecular weight is 433 g/mol. The molecule has 5 saturated carbocycles. The van der Waals surface area contributed by atoms with Crippen LogP contribution < -0.4 is 0 Å². The van der Waals surface area contributed by atoms with Crippen LogP contribution in [-0.4, -0.2) is 22.3 Å². The Bertz CT molecular complexity index is 745. The zero-order chi connectivity index (χ0) is 18.8. The fourth-order valence-corrected chi connectivity index (χ4v) is 10.7. The highest BCUT2D eigenvalue weighted by molar-refractivity contribution is 9.09. The number of rotatable bonds is 2. The number of halogens is 1. The van der Waals surface area contributed by atoms with Gasteiger partial charge in [-0.05, 0) is 109 Å². The highest BCUT2D eigenvalue weighted by atomic mass is 79.9. The third-order valence-corrected chi connectivity index (χ3v) is 11.8. The molecule has 0 aromatic heterocycles. The molecule has 10 atom stereocenters. The van der Waals surface area contributed by atoms with Gasteiger partial charge < -0.3 is 5.11 Å². The van der Waals surface area contributed by atoms with Crippen LogP contribution in [0.1, 0.15) is 65.2 Å². The van der Waals surface area contributed by atoms with E-state index in [0.29, 0.717) is 33.8 Å². The predicted molar refractivity (Wildman–Crippen MR) is 109 cm³/mol. The lowest BCUT2D eigenvalue weighted by molar-refractivity contribution is -0.360. The minimum Gasteiger partial charge on any atom is -0.393 e. The summed E-state index contributed by atoms with van der Waals surface area (Å²) in [5.74, 6) is 4.96. The SMILES string of the molecule is C[C@]12CCC3C(CC4CC5C[C@H]6C(O)CC[C@@]3(C)[C@@]456)C1CC=C2C(=O)CBr. The van der Waals surface area contributed by atoms with E-state index in [9.17, 15) is 9.90 Å². The molecule has 5 fully saturated rings. The van der Waals surface area contributed by atoms with E-state index in [4.69, 9.17) is 0 Å². The molecule has 0 aromatic carbocycles. The fraction of sp³-hybridized carbons (Fsp3) is 0.875. The number of aliphatic hydroxyl groups excluding tert-OH is 1. The molecule has 0 saturated heterocycles. The van der Waals surface area contributed by atoms with E-state index < -0.39 is 0 Å². The number of fused-ring (bicyclic) bond motifs is 4. The van der Waals surface area contributed by atoms with Gasteiger partial charge in [-0.1, -0.05) is 35.9 Å². The van der Waals surface area contributed by atoms with Crippen molar-refractivity contribution >= 4 is 21.7 Å². The van der Waals surface area contributed by atoms with Crippen molar-refractivity contribution in [2.24, 2.45) is 51.8 Å². The maximum absolute atomic E-state index is 12.6. The highest BCUT2D eigenvalue weighted by Crippen LogP contribution is 2.85. The first-order valence-electron chi connectivity index (χ1n) is 11.4. The molecule has 27 heavy (non-hydrogen) atoms. The third-order valence-electron chi connectivity index (χ3n) is 11.3. The first-order chi connectivity index (χ1) is 12.9. The van der Waals surface area contributed by atoms with Crippen LogP contribution in [0.3, 0.4) is 0 Å². The quantitative estimate of drug-likeness (QED) is 0.613. The van der Waals surface area contributed by atoms with Crippen LogP contribution in [0.4, 0.5) is 0 Å². The van der Waals surface area contributed by atoms with Crippen molar-refractivity contribution in [2.45, 2.75) is 71.3 Å². The number of alkyl halides is 1. The molecule has 3 heteroatoms. The Labute approximate surface area is 171 Å². The summed E-state index contributed by atoms with van der Waals surface area (Å²) in [6, 6.07) is 0. The molecule has 1 N–H and O–H groups in total. The standard InChI is InChI=1S/C24H33BrO2/c1-22-7-5-17-15(16(22)3-4-18(22)21(27)12-25)10-13-9-14-11-19-20(26)6-8-23(17,2)24(13,14)19/h4,13-17,19-20,26H,3,5-12H2,1-2H3/t13?,14?,15?,16?,17?,19-,20?,22-,23+,24-/m0/s1. The van der Waals surface area contributed by atoms with Crippen LogP contribution in [0.25, 0.3) is 0 Å². The molecule has 6 rings (SSSR count). The van der Waals surface area contributed by atoms with Crippen LogP contribution in [0.2, 0.25) is 0 Å². The van der Waals surface area contributed by atoms with Crippen molar-refractivity contribution in [2.75, 3.05) is 5.33 Å². The van der Waals surface area contributed by atoms with E-state index >= 15 is 0 Å². The second-order valence-electron chi connectivity index (χ2n) is 11.4. The minimum absolute atomic E-state index is 0.0289. The highest BCUT2D eigenvalue weighted by Gasteiger charge is 2.79. The molecule has 0 heterocycles. The molecule has 0 aliphatic heterocycles. The summed E-state index contributed by atoms with van der Waals surface area (Å²) in [6.07, 6.45) is 12.3. The van der Waals surface area contributed by atoms with E-state index in [-0.39, 0.29) is 11.5 Å². The Kier molecular flexibility index (Phi) is 3.48. The first-order valence-corrected chi connectivity index (χ1v) is 12.5. The zero-order valence-electron chi connectivity index (χ0n) is 16.7. The summed E-state index contributed by atoms with van der Waals surface area (Å²) in [6.45, 7) is 5.04. The van der Waals surface area contributed by atoms with E-state index in [0.717, 1.165) is 42.1 Å². The second kappa shape index (κ2) is 5.31. The second-order valence-corrected chi connectivity index (χ2v) is 12.0. The largest absolute Gasteiger partial charge is 0.393 e. The van der Waals surface area contributed by atoms with Crippen LogP contribution in [0, 0.1) is 51.8 Å². The topological polar surface area (TPSA) is 37.3 Å². The summed E-state index contributed by atoms with van der Waals surface area (Å²) in [5.41, 5.74) is 2.18. The predicted octanol–water partition coefficient (Wildman–Crippen LogP) is 5.14. The maximum Gasteiger partial charge on any atom is 0.169 e. The minimum atomic E-state index is -0.0289. The molecular formula is C24H33BrO2. The van der Waals surface area contributed by atoms with Gasteiger partial charge >= 0.3 is 0 Å². The van der Waals surface area contributed by atoms with Gasteiger partial charge in [0, 0.05) is 0 Å². The molecule has 148 valence electrons. The van der Waals surface area contributed by atoms with E-state index in [1.54, 1.807) is 0 Å². The Morgan fingerprint density at radius 3 is 2.63 bits per heavy atom. The number of Topliss-reactive ketones (excluding diaryl/α,β-unsaturated/α-hetero) is 1. The van der Waals surface area contributed by atoms with Gasteiger partial charge in [0.15, 0.2) is 5.78 Å². The van der Waals surface area contributed by atoms with Crippen molar-refractivity contribution in [3.05, 3.63) is 11.6 Å². The number of aliphatic hydroxyl groups is 1. The molecule has 0 aromatic rings. The van der Waals surface area contributed by atoms with Gasteiger partial charge in [-0.25, -0.2) is 0 Å². The number of carbonyl (C=O) groups excluding carboxylic acids is 1. The Balaban J connectivity index is 1.37. The van der Waals surface area contributed by atoms with Crippen LogP contribution in [0.15, 0.2) is 11.6 Å². The first kappa shape index (κ1) is 17.7. The Hall–Kier alpha value is -0.150. The monoisotopic (exact) mass is 432 g/mol. The maximum atomic E-state index is 12.6. The number of hydrogen-bond donors (Lipinski definition) is 1. The normalized spacial score (nSPS) is 60.0. The smallest absolute Gasteiger partial charge is 0.169 e. The van der Waals surface area contributed by atoms with Gasteiger partial charge in [0.1, 0.15) is 0 Å². The average Bonchev–Trinajstić information content (AvgIpc) is 2.99. The molecule has 0 bridgehead atoms. The van der Waals surface area contributed by atoms with Gasteiger partial charge in [-0.2, -0.15) is 0 Å². The zero-order valence-corrected chi connectivity index (χ0v) is 18.3. The lowest BCUT2D eigenvalue weighted by Crippen LogP contribution is -2.78. The summed E-state index contributed by atoms with van der Waals surface area (Å²) in [5, 5.41) is 11.2. The Morgan fingerprint density at radius 1 is 1.11 bits per heavy atom. The van der Waals surface area contributed by atoms with Gasteiger partial charge in [0.05, 0.1) is 11.4 Å². The van der Waals surface area contributed by atoms with Crippen molar-refractivity contribution in [1.82, 2.24) is 0 Å². The van der Waals surface area contributed by atoms with E-state index in [1.165, 1.54) is 38.5 Å². The van der Waals surface area contributed by atoms with Gasteiger partial charge in [0.25, 0.3) is 0 Å². The van der Waals surface area contributed by atoms with Crippen molar-refractivity contribution in [1.29, 1.82) is 0 Å². The van der Waals surface area contributed by atoms with Crippen molar-refractivity contribution in [3.63, 3.8) is 0 Å². The Morgan fingerprint density at radius 2 is 1.89 bits per heavy atom. The van der Waals surface area contributed by atoms with Gasteiger partial charge in [-0.3, -0.25) is 4.79 Å². The number of hydrogen-bond acceptors (Lipinski definition) is 2. The molecular weight excluding hydrogens is 400 g/mol. The van der Waals surface area contributed by atoms with Crippen LogP contribution >= 0.6 is 15.9 Å². The number of allylic oxidation sites excluding steroid dienone is 2. The summed E-state index contributed by atoms with van der Waals surface area (Å²) in [7, 11) is 0. The molecule has 2 nitrogen and oxygen atoms in total. The van der Waals surface area contributed by atoms with Crippen molar-refractivity contribution < 1.29 is 9.90 Å². The molecule has 6 aliphatic carbocycles. The lowest BCUT2D eigenvalue weighted by Gasteiger charge is -2.83. The molecule has 1 spiro atoms. The number of carbonyl (C=O) groups is 1. The summed E-state index contributed by atoms with van der Waals surface area (Å²) in [4.78, 5) is 12.6. The van der Waals surface area contributed by atoms with Gasteiger partial charge in [0.2, 0.25) is 0 Å². The molecule has 6 unspecified atom stereocenters. The van der Waals surface area contributed by atoms with Gasteiger partial charge in [-0.15, -0.1) is 0 Å². The third kappa shape index (κ3) is 1.74. The van der Waals surface area contributed by atoms with E-state index in [1.807, 2.05) is 0 Å². The lowest BCUT2D eigenvalue weighted by atomic mass is 9.22. The van der Waals surface area contributed by atoms with Crippen LogP contribution in [-0.2, 0) is 4.79 Å². The molecule has 6 aliphatic rings. The van der Waals surface area contributed by atoms with Crippen LogP contribution in [0.5, 0.6) is 0 Å². The summed E-state index contributed by atoms with van der Waals surface area (Å²) >= 11 is 3.42. The fourth-order valence-electron chi connectivity index (χ4n) is 10.4. The molecule has 0 amide bonds. The summed E-state index contributed by atoms with van der Waals surface area (Å²) < 4.78 is 0. The number of ketones is 1. The molecule has 0 radical (unpaired) electrons. The van der Waals surface area contributed by atoms with Crippen molar-refractivity contribution in [3.8, 4) is 0 Å².